The summed E-state index contributed by atoms with van der Waals surface area (Å²) in [5.41, 5.74) is 1.96. The van der Waals surface area contributed by atoms with Crippen LogP contribution in [-0.4, -0.2) is 25.7 Å². The number of hydrogen-bond acceptors (Lipinski definition) is 2. The van der Waals surface area contributed by atoms with Gasteiger partial charge in [0.05, 0.1) is 0 Å². The summed E-state index contributed by atoms with van der Waals surface area (Å²) in [6.07, 6.45) is 3.89. The Morgan fingerprint density at radius 1 is 1.11 bits per heavy atom. The quantitative estimate of drug-likeness (QED) is 0.689. The summed E-state index contributed by atoms with van der Waals surface area (Å²) in [6, 6.07) is 11.6. The Kier molecular flexibility index (Phi) is 4.79. The van der Waals surface area contributed by atoms with E-state index in [1.54, 1.807) is 0 Å². The predicted octanol–water partition coefficient (Wildman–Crippen LogP) is 2.70. The van der Waals surface area contributed by atoms with E-state index in [0.717, 1.165) is 19.6 Å². The topological polar surface area (TPSA) is 24.1 Å². The molecule has 1 fully saturated rings. The predicted molar refractivity (Wildman–Crippen MR) is 78.0 cm³/mol. The van der Waals surface area contributed by atoms with E-state index in [0.29, 0.717) is 11.5 Å². The molecule has 100 valence electrons. The van der Waals surface area contributed by atoms with Crippen LogP contribution >= 0.6 is 0 Å². The zero-order chi connectivity index (χ0) is 12.8. The van der Waals surface area contributed by atoms with Gasteiger partial charge in [-0.25, -0.2) is 0 Å². The monoisotopic (exact) mass is 246 g/mol. The average molecular weight is 246 g/mol. The molecule has 0 saturated heterocycles. The van der Waals surface area contributed by atoms with Crippen LogP contribution in [0.25, 0.3) is 0 Å². The van der Waals surface area contributed by atoms with E-state index in [9.17, 15) is 0 Å². The highest BCUT2D eigenvalue weighted by molar-refractivity contribution is 5.31. The molecule has 18 heavy (non-hydrogen) atoms. The summed E-state index contributed by atoms with van der Waals surface area (Å²) in [6.45, 7) is 7.76. The molecule has 0 radical (unpaired) electrons. The van der Waals surface area contributed by atoms with Crippen LogP contribution in [-0.2, 0) is 5.41 Å². The van der Waals surface area contributed by atoms with Crippen molar-refractivity contribution >= 4 is 0 Å². The molecule has 0 heterocycles. The number of hydrogen-bond donors (Lipinski definition) is 2. The normalized spacial score (nSPS) is 17.1. The highest BCUT2D eigenvalue weighted by Gasteiger charge is 2.43. The molecule has 1 aliphatic rings. The Balaban J connectivity index is 1.65. The van der Waals surface area contributed by atoms with Crippen LogP contribution < -0.4 is 10.6 Å². The SMILES string of the molecule is CC(C)NCCCNCC1(c2ccccc2)CC1. The fourth-order valence-corrected chi connectivity index (χ4v) is 2.44. The first-order valence-electron chi connectivity index (χ1n) is 7.23. The van der Waals surface area contributed by atoms with Crippen LogP contribution in [0, 0.1) is 0 Å². The third-order valence-corrected chi connectivity index (χ3v) is 3.79. The van der Waals surface area contributed by atoms with Gasteiger partial charge in [0, 0.05) is 18.0 Å². The minimum Gasteiger partial charge on any atom is -0.316 e. The van der Waals surface area contributed by atoms with Gasteiger partial charge in [-0.05, 0) is 37.9 Å². The van der Waals surface area contributed by atoms with E-state index in [2.05, 4.69) is 54.8 Å². The molecule has 0 spiro atoms. The second-order valence-corrected chi connectivity index (χ2v) is 5.79. The van der Waals surface area contributed by atoms with Crippen molar-refractivity contribution < 1.29 is 0 Å². The van der Waals surface area contributed by atoms with Gasteiger partial charge in [0.1, 0.15) is 0 Å². The van der Waals surface area contributed by atoms with Crippen molar-refractivity contribution in [1.82, 2.24) is 10.6 Å². The van der Waals surface area contributed by atoms with E-state index in [1.165, 1.54) is 24.8 Å². The standard InChI is InChI=1S/C16H26N2/c1-14(2)18-12-6-11-17-13-16(9-10-16)15-7-4-3-5-8-15/h3-5,7-8,14,17-18H,6,9-13H2,1-2H3. The first-order chi connectivity index (χ1) is 8.73. The Labute approximate surface area is 111 Å². The Hall–Kier alpha value is -0.860. The van der Waals surface area contributed by atoms with Crippen LogP contribution in [0.1, 0.15) is 38.7 Å². The zero-order valence-corrected chi connectivity index (χ0v) is 11.7. The number of rotatable bonds is 8. The smallest absolute Gasteiger partial charge is 0.00784 e. The lowest BCUT2D eigenvalue weighted by molar-refractivity contribution is 0.523. The van der Waals surface area contributed by atoms with E-state index < -0.39 is 0 Å². The average Bonchev–Trinajstić information content (AvgIpc) is 3.16. The van der Waals surface area contributed by atoms with E-state index in [1.807, 2.05) is 0 Å². The molecule has 1 aliphatic carbocycles. The fourth-order valence-electron chi connectivity index (χ4n) is 2.44. The maximum atomic E-state index is 3.62. The highest BCUT2D eigenvalue weighted by Crippen LogP contribution is 2.47. The summed E-state index contributed by atoms with van der Waals surface area (Å²) in [4.78, 5) is 0. The molecular formula is C16H26N2. The second-order valence-electron chi connectivity index (χ2n) is 5.79. The molecule has 0 unspecified atom stereocenters. The van der Waals surface area contributed by atoms with Gasteiger partial charge in [-0.1, -0.05) is 44.2 Å². The lowest BCUT2D eigenvalue weighted by Gasteiger charge is -2.16. The minimum absolute atomic E-state index is 0.451. The first-order valence-corrected chi connectivity index (χ1v) is 7.23. The number of benzene rings is 1. The van der Waals surface area contributed by atoms with Crippen molar-refractivity contribution in [2.45, 2.75) is 44.6 Å². The van der Waals surface area contributed by atoms with Gasteiger partial charge in [0.2, 0.25) is 0 Å². The van der Waals surface area contributed by atoms with Crippen molar-refractivity contribution in [2.24, 2.45) is 0 Å². The van der Waals surface area contributed by atoms with Gasteiger partial charge in [-0.3, -0.25) is 0 Å². The third kappa shape index (κ3) is 3.82. The van der Waals surface area contributed by atoms with Gasteiger partial charge in [0.25, 0.3) is 0 Å². The zero-order valence-electron chi connectivity index (χ0n) is 11.7. The molecule has 0 aromatic heterocycles. The van der Waals surface area contributed by atoms with Crippen LogP contribution in [0.15, 0.2) is 30.3 Å². The van der Waals surface area contributed by atoms with Crippen molar-refractivity contribution in [3.63, 3.8) is 0 Å². The number of nitrogens with one attached hydrogen (secondary N) is 2. The largest absolute Gasteiger partial charge is 0.316 e. The van der Waals surface area contributed by atoms with Crippen LogP contribution in [0.5, 0.6) is 0 Å². The van der Waals surface area contributed by atoms with E-state index in [-0.39, 0.29) is 0 Å². The third-order valence-electron chi connectivity index (χ3n) is 3.79. The minimum atomic E-state index is 0.451. The van der Waals surface area contributed by atoms with Crippen LogP contribution in [0.2, 0.25) is 0 Å². The maximum Gasteiger partial charge on any atom is 0.00784 e. The summed E-state index contributed by atoms with van der Waals surface area (Å²) < 4.78 is 0. The van der Waals surface area contributed by atoms with Crippen molar-refractivity contribution in [3.05, 3.63) is 35.9 Å². The Morgan fingerprint density at radius 3 is 2.44 bits per heavy atom. The molecule has 0 amide bonds. The summed E-state index contributed by atoms with van der Waals surface area (Å²) >= 11 is 0. The molecule has 1 aromatic carbocycles. The Morgan fingerprint density at radius 2 is 1.83 bits per heavy atom. The van der Waals surface area contributed by atoms with Gasteiger partial charge >= 0.3 is 0 Å². The van der Waals surface area contributed by atoms with Crippen LogP contribution in [0.3, 0.4) is 0 Å². The highest BCUT2D eigenvalue weighted by atomic mass is 14.9. The molecule has 1 saturated carbocycles. The molecule has 2 rings (SSSR count). The fraction of sp³-hybridized carbons (Fsp3) is 0.625. The molecule has 2 N–H and O–H groups in total. The molecule has 0 bridgehead atoms. The van der Waals surface area contributed by atoms with Crippen molar-refractivity contribution in [3.8, 4) is 0 Å². The lowest BCUT2D eigenvalue weighted by Crippen LogP contribution is -2.31. The van der Waals surface area contributed by atoms with Gasteiger partial charge in [-0.15, -0.1) is 0 Å². The van der Waals surface area contributed by atoms with Gasteiger partial charge in [0.15, 0.2) is 0 Å². The second kappa shape index (κ2) is 6.35. The van der Waals surface area contributed by atoms with E-state index in [4.69, 9.17) is 0 Å². The lowest BCUT2D eigenvalue weighted by atomic mass is 9.96. The van der Waals surface area contributed by atoms with Crippen molar-refractivity contribution in [2.75, 3.05) is 19.6 Å². The molecule has 2 nitrogen and oxygen atoms in total. The summed E-state index contributed by atoms with van der Waals surface area (Å²) in [5, 5.41) is 7.07. The molecule has 2 heteroatoms. The summed E-state index contributed by atoms with van der Waals surface area (Å²) in [5.74, 6) is 0. The summed E-state index contributed by atoms with van der Waals surface area (Å²) in [7, 11) is 0. The van der Waals surface area contributed by atoms with Crippen LogP contribution in [0.4, 0.5) is 0 Å². The molecular weight excluding hydrogens is 220 g/mol. The van der Waals surface area contributed by atoms with Gasteiger partial charge < -0.3 is 10.6 Å². The van der Waals surface area contributed by atoms with E-state index >= 15 is 0 Å². The maximum absolute atomic E-state index is 3.62. The Bertz CT molecular complexity index is 341. The first kappa shape index (κ1) is 13.6. The molecule has 1 aromatic rings. The van der Waals surface area contributed by atoms with Crippen molar-refractivity contribution in [1.29, 1.82) is 0 Å². The molecule has 0 aliphatic heterocycles. The molecule has 0 atom stereocenters. The van der Waals surface area contributed by atoms with Gasteiger partial charge in [-0.2, -0.15) is 0 Å².